The number of nitrogens with zero attached hydrogens (tertiary/aromatic N) is 4. The predicted molar refractivity (Wildman–Crippen MR) is 83.8 cm³/mol. The molecule has 2 fully saturated rings. The molecule has 0 radical (unpaired) electrons. The molecule has 2 aliphatic heterocycles. The summed E-state index contributed by atoms with van der Waals surface area (Å²) in [6.45, 7) is 5.54. The Hall–Kier alpha value is -1.60. The zero-order valence-electron chi connectivity index (χ0n) is 13.2. The van der Waals surface area contributed by atoms with Crippen molar-refractivity contribution >= 4 is 11.9 Å². The van der Waals surface area contributed by atoms with Crippen LogP contribution in [0.15, 0.2) is 12.4 Å². The van der Waals surface area contributed by atoms with E-state index in [9.17, 15) is 4.79 Å². The maximum absolute atomic E-state index is 12.0. The van der Waals surface area contributed by atoms with Crippen molar-refractivity contribution in [3.8, 4) is 0 Å². The van der Waals surface area contributed by atoms with Crippen molar-refractivity contribution in [2.75, 3.05) is 50.8 Å². The van der Waals surface area contributed by atoms with Gasteiger partial charge < -0.3 is 19.5 Å². The Morgan fingerprint density at radius 3 is 2.86 bits per heavy atom. The van der Waals surface area contributed by atoms with Gasteiger partial charge in [-0.2, -0.15) is 0 Å². The third-order valence-corrected chi connectivity index (χ3v) is 4.37. The summed E-state index contributed by atoms with van der Waals surface area (Å²) in [4.78, 5) is 20.8. The van der Waals surface area contributed by atoms with E-state index in [0.717, 1.165) is 51.6 Å². The Balaban J connectivity index is 1.38. The molecule has 0 bridgehead atoms. The minimum Gasteiger partial charge on any atom is -0.376 e. The Morgan fingerprint density at radius 2 is 2.23 bits per heavy atom. The number of carbonyl (C=O) groups is 1. The highest BCUT2D eigenvalue weighted by molar-refractivity contribution is 5.78. The number of amides is 1. The molecule has 1 atom stereocenters. The van der Waals surface area contributed by atoms with Crippen LogP contribution in [0.2, 0.25) is 0 Å². The van der Waals surface area contributed by atoms with E-state index in [1.54, 1.807) is 0 Å². The summed E-state index contributed by atoms with van der Waals surface area (Å²) in [6.07, 6.45) is 6.16. The van der Waals surface area contributed by atoms with Crippen molar-refractivity contribution in [2.24, 2.45) is 7.05 Å². The average Bonchev–Trinajstić information content (AvgIpc) is 3.17. The van der Waals surface area contributed by atoms with E-state index in [2.05, 4.69) is 20.1 Å². The number of anilines is 1. The van der Waals surface area contributed by atoms with Crippen LogP contribution in [0.4, 0.5) is 5.95 Å². The van der Waals surface area contributed by atoms with Crippen molar-refractivity contribution in [1.29, 1.82) is 0 Å². The van der Waals surface area contributed by atoms with Crippen molar-refractivity contribution in [3.05, 3.63) is 12.4 Å². The quantitative estimate of drug-likeness (QED) is 0.819. The van der Waals surface area contributed by atoms with Gasteiger partial charge in [0.1, 0.15) is 0 Å². The summed E-state index contributed by atoms with van der Waals surface area (Å²) in [5, 5.41) is 2.98. The van der Waals surface area contributed by atoms with Gasteiger partial charge in [0.25, 0.3) is 0 Å². The first-order chi connectivity index (χ1) is 10.7. The van der Waals surface area contributed by atoms with Crippen LogP contribution in [-0.2, 0) is 16.6 Å². The SMILES string of the molecule is Cn1ccnc1N1CCN(CC(=O)NC[C@H]2CCCO2)CC1. The normalized spacial score (nSPS) is 23.0. The molecule has 2 aliphatic rings. The Morgan fingerprint density at radius 1 is 1.41 bits per heavy atom. The summed E-state index contributed by atoms with van der Waals surface area (Å²) in [7, 11) is 2.01. The smallest absolute Gasteiger partial charge is 0.234 e. The van der Waals surface area contributed by atoms with E-state index in [1.165, 1.54) is 0 Å². The second kappa shape index (κ2) is 7.11. The molecule has 3 rings (SSSR count). The third kappa shape index (κ3) is 3.78. The van der Waals surface area contributed by atoms with Gasteiger partial charge in [0.2, 0.25) is 11.9 Å². The number of hydrogen-bond acceptors (Lipinski definition) is 5. The van der Waals surface area contributed by atoms with E-state index in [-0.39, 0.29) is 12.0 Å². The number of nitrogens with one attached hydrogen (secondary N) is 1. The number of carbonyl (C=O) groups excluding carboxylic acids is 1. The standard InChI is InChI=1S/C15H25N5O2/c1-18-5-4-16-15(18)20-8-6-19(7-9-20)12-14(21)17-11-13-3-2-10-22-13/h4-5,13H,2-3,6-12H2,1H3,(H,17,21)/t13-/m1/s1. The van der Waals surface area contributed by atoms with E-state index < -0.39 is 0 Å². The molecule has 1 aromatic rings. The van der Waals surface area contributed by atoms with Crippen LogP contribution in [0, 0.1) is 0 Å². The fraction of sp³-hybridized carbons (Fsp3) is 0.733. The van der Waals surface area contributed by atoms with Crippen LogP contribution in [0.3, 0.4) is 0 Å². The molecule has 0 saturated carbocycles. The number of aryl methyl sites for hydroxylation is 1. The Kier molecular flexibility index (Phi) is 4.94. The number of imidazole rings is 1. The maximum Gasteiger partial charge on any atom is 0.234 e. The number of ether oxygens (including phenoxy) is 1. The molecular formula is C15H25N5O2. The van der Waals surface area contributed by atoms with Gasteiger partial charge in [-0.05, 0) is 12.8 Å². The number of rotatable bonds is 5. The fourth-order valence-electron chi connectivity index (χ4n) is 3.06. The van der Waals surface area contributed by atoms with Crippen LogP contribution in [0.5, 0.6) is 0 Å². The summed E-state index contributed by atoms with van der Waals surface area (Å²) < 4.78 is 7.55. The predicted octanol–water partition coefficient (Wildman–Crippen LogP) is -0.163. The molecular weight excluding hydrogens is 282 g/mol. The van der Waals surface area contributed by atoms with Gasteiger partial charge in [-0.15, -0.1) is 0 Å². The van der Waals surface area contributed by atoms with Crippen molar-refractivity contribution in [1.82, 2.24) is 19.8 Å². The molecule has 122 valence electrons. The van der Waals surface area contributed by atoms with Gasteiger partial charge in [-0.1, -0.05) is 0 Å². The lowest BCUT2D eigenvalue weighted by molar-refractivity contribution is -0.122. The van der Waals surface area contributed by atoms with Crippen LogP contribution in [-0.4, -0.2) is 72.3 Å². The first-order valence-electron chi connectivity index (χ1n) is 8.05. The van der Waals surface area contributed by atoms with E-state index in [4.69, 9.17) is 4.74 Å². The molecule has 0 spiro atoms. The van der Waals surface area contributed by atoms with Gasteiger partial charge in [0.15, 0.2) is 0 Å². The molecule has 0 aromatic carbocycles. The minimum atomic E-state index is 0.0981. The molecule has 0 aliphatic carbocycles. The second-order valence-electron chi connectivity index (χ2n) is 6.04. The average molecular weight is 307 g/mol. The minimum absolute atomic E-state index is 0.0981. The van der Waals surface area contributed by atoms with Crippen LogP contribution in [0.1, 0.15) is 12.8 Å². The molecule has 7 nitrogen and oxygen atoms in total. The zero-order valence-corrected chi connectivity index (χ0v) is 13.2. The van der Waals surface area contributed by atoms with Gasteiger partial charge in [0, 0.05) is 58.8 Å². The van der Waals surface area contributed by atoms with Gasteiger partial charge >= 0.3 is 0 Å². The van der Waals surface area contributed by atoms with Crippen LogP contribution < -0.4 is 10.2 Å². The lowest BCUT2D eigenvalue weighted by atomic mass is 10.2. The third-order valence-electron chi connectivity index (χ3n) is 4.37. The summed E-state index contributed by atoms with van der Waals surface area (Å²) in [5.41, 5.74) is 0. The van der Waals surface area contributed by atoms with Crippen molar-refractivity contribution < 1.29 is 9.53 Å². The molecule has 1 aromatic heterocycles. The molecule has 2 saturated heterocycles. The topological polar surface area (TPSA) is 62.6 Å². The Bertz CT molecular complexity index is 490. The van der Waals surface area contributed by atoms with Crippen molar-refractivity contribution in [2.45, 2.75) is 18.9 Å². The first kappa shape index (κ1) is 15.3. The van der Waals surface area contributed by atoms with E-state index >= 15 is 0 Å². The molecule has 22 heavy (non-hydrogen) atoms. The lowest BCUT2D eigenvalue weighted by Crippen LogP contribution is -2.50. The highest BCUT2D eigenvalue weighted by atomic mass is 16.5. The fourth-order valence-corrected chi connectivity index (χ4v) is 3.06. The lowest BCUT2D eigenvalue weighted by Gasteiger charge is -2.34. The van der Waals surface area contributed by atoms with E-state index in [0.29, 0.717) is 13.1 Å². The Labute approximate surface area is 131 Å². The monoisotopic (exact) mass is 307 g/mol. The number of aromatic nitrogens is 2. The van der Waals surface area contributed by atoms with Crippen molar-refractivity contribution in [3.63, 3.8) is 0 Å². The molecule has 7 heteroatoms. The highest BCUT2D eigenvalue weighted by Gasteiger charge is 2.22. The second-order valence-corrected chi connectivity index (χ2v) is 6.04. The summed E-state index contributed by atoms with van der Waals surface area (Å²) in [6, 6.07) is 0. The summed E-state index contributed by atoms with van der Waals surface area (Å²) in [5.74, 6) is 1.10. The van der Waals surface area contributed by atoms with Crippen LogP contribution >= 0.6 is 0 Å². The largest absolute Gasteiger partial charge is 0.376 e. The van der Waals surface area contributed by atoms with E-state index in [1.807, 2.05) is 24.0 Å². The number of hydrogen-bond donors (Lipinski definition) is 1. The summed E-state index contributed by atoms with van der Waals surface area (Å²) >= 11 is 0. The zero-order chi connectivity index (χ0) is 15.4. The number of piperazine rings is 1. The van der Waals surface area contributed by atoms with Gasteiger partial charge in [0.05, 0.1) is 12.6 Å². The molecule has 0 unspecified atom stereocenters. The maximum atomic E-state index is 12.0. The highest BCUT2D eigenvalue weighted by Crippen LogP contribution is 2.13. The van der Waals surface area contributed by atoms with Crippen LogP contribution in [0.25, 0.3) is 0 Å². The van der Waals surface area contributed by atoms with Gasteiger partial charge in [-0.3, -0.25) is 9.69 Å². The molecule has 1 amide bonds. The molecule has 3 heterocycles. The first-order valence-corrected chi connectivity index (χ1v) is 8.05. The van der Waals surface area contributed by atoms with Gasteiger partial charge in [-0.25, -0.2) is 4.98 Å². The molecule has 1 N–H and O–H groups in total.